The van der Waals surface area contributed by atoms with Gasteiger partial charge in [-0.2, -0.15) is 0 Å². The van der Waals surface area contributed by atoms with Gasteiger partial charge < -0.3 is 4.42 Å². The van der Waals surface area contributed by atoms with Gasteiger partial charge in [0.1, 0.15) is 11.2 Å². The lowest BCUT2D eigenvalue weighted by molar-refractivity contribution is 0.669. The van der Waals surface area contributed by atoms with Crippen LogP contribution in [0.3, 0.4) is 0 Å². The van der Waals surface area contributed by atoms with Crippen LogP contribution in [0.25, 0.3) is 99.6 Å². The summed E-state index contributed by atoms with van der Waals surface area (Å²) >= 11 is 1.54. The highest BCUT2D eigenvalue weighted by Gasteiger charge is 2.16. The Bertz CT molecular complexity index is 3940. The van der Waals surface area contributed by atoms with Crippen LogP contribution in [-0.4, -0.2) is 15.0 Å². The average molecular weight is 703 g/mol. The normalized spacial score (nSPS) is 16.6. The van der Waals surface area contributed by atoms with Crippen molar-refractivity contribution in [2.24, 2.45) is 0 Å². The molecular weight excluding hydrogens is 655 g/mol. The Morgan fingerprint density at radius 3 is 1.87 bits per heavy atom. The van der Waals surface area contributed by atoms with E-state index in [4.69, 9.17) is 25.0 Å². The van der Waals surface area contributed by atoms with Crippen LogP contribution in [0.5, 0.6) is 0 Å². The van der Waals surface area contributed by atoms with E-state index in [1.54, 1.807) is 29.5 Å². The molecule has 0 saturated carbocycles. The predicted octanol–water partition coefficient (Wildman–Crippen LogP) is 13.0. The molecule has 0 radical (unpaired) electrons. The van der Waals surface area contributed by atoms with E-state index in [1.165, 1.54) is 0 Å². The van der Waals surface area contributed by atoms with Crippen molar-refractivity contribution < 1.29 is 30.5 Å². The molecule has 10 rings (SSSR count). The smallest absolute Gasteiger partial charge is 0.164 e. The van der Waals surface area contributed by atoms with Crippen molar-refractivity contribution >= 4 is 43.4 Å². The zero-order valence-electron chi connectivity index (χ0n) is 45.4. The lowest BCUT2D eigenvalue weighted by atomic mass is 9.99. The summed E-state index contributed by atoms with van der Waals surface area (Å²) in [5.74, 6) is -0.917. The van der Waals surface area contributed by atoms with Crippen LogP contribution in [0.1, 0.15) is 26.0 Å². The molecule has 0 unspecified atom stereocenters. The molecule has 0 atom stereocenters. The number of rotatable bonds is 6. The molecule has 0 aliphatic carbocycles. The van der Waals surface area contributed by atoms with Crippen LogP contribution >= 0.6 is 11.3 Å². The molecule has 0 saturated heterocycles. The molecule has 5 heteroatoms. The number of hydrogen-bond donors (Lipinski definition) is 0. The molecular formula is C47H29N3OS. The van der Waals surface area contributed by atoms with Gasteiger partial charge in [0, 0.05) is 43.1 Å². The minimum atomic E-state index is -0.804. The SMILES string of the molecule is [2H]c1c([2H])c([2H])c(-c2nc(-c3cccc(-c4csc5ccccc45)c3)nc(-c3c([2H])c([2H])c4c(oc5c([2H])cc(-c6c([2H])c([2H])c(-c7c([2H])c([2H])c([2H])c([2H])c7[2H])c([2H])c6[2H])c([2H])c54)c3[2H])n2)c([2H])c1[2H]. The highest BCUT2D eigenvalue weighted by molar-refractivity contribution is 7.17. The second-order valence-electron chi connectivity index (χ2n) is 11.4. The van der Waals surface area contributed by atoms with Crippen LogP contribution in [0, 0.1) is 0 Å². The summed E-state index contributed by atoms with van der Waals surface area (Å²) in [6.45, 7) is 0. The van der Waals surface area contributed by atoms with E-state index in [1.807, 2.05) is 35.7 Å². The number of hydrogen-bond acceptors (Lipinski definition) is 5. The second kappa shape index (κ2) is 12.6. The fourth-order valence-corrected chi connectivity index (χ4v) is 6.72. The summed E-state index contributed by atoms with van der Waals surface area (Å²) in [4.78, 5) is 13.8. The van der Waals surface area contributed by atoms with Gasteiger partial charge in [-0.1, -0.05) is 133 Å². The molecule has 0 aliphatic rings. The summed E-state index contributed by atoms with van der Waals surface area (Å²) in [7, 11) is 0. The highest BCUT2D eigenvalue weighted by atomic mass is 32.1. The quantitative estimate of drug-likeness (QED) is 0.173. The summed E-state index contributed by atoms with van der Waals surface area (Å²) in [6, 6.07) is 2.69. The molecule has 0 N–H and O–H groups in total. The van der Waals surface area contributed by atoms with Crippen LogP contribution < -0.4 is 0 Å². The lowest BCUT2D eigenvalue weighted by Crippen LogP contribution is -2.00. The molecule has 0 aliphatic heterocycles. The van der Waals surface area contributed by atoms with E-state index in [0.29, 0.717) is 5.56 Å². The number of thiophene rings is 1. The molecule has 4 nitrogen and oxygen atoms in total. The van der Waals surface area contributed by atoms with Crippen LogP contribution in [0.15, 0.2) is 179 Å². The van der Waals surface area contributed by atoms with Crippen molar-refractivity contribution in [3.05, 3.63) is 175 Å². The van der Waals surface area contributed by atoms with Gasteiger partial charge >= 0.3 is 0 Å². The monoisotopic (exact) mass is 702 g/mol. The Morgan fingerprint density at radius 1 is 0.442 bits per heavy atom. The van der Waals surface area contributed by atoms with E-state index in [2.05, 4.69) is 15.0 Å². The predicted molar refractivity (Wildman–Crippen MR) is 215 cm³/mol. The third-order valence-corrected chi connectivity index (χ3v) is 9.17. The standard InChI is InChI=1S/C47H29N3OS/c1-3-10-30(11-4-1)31-18-20-32(21-19-31)34-23-25-42-40(27-34)38-24-22-37(28-43(38)51-42)47-49-45(33-12-5-2-6-13-33)48-46(50-47)36-15-9-14-35(26-36)41-29-52-44-17-8-7-16-39(41)44/h1-29H/i1D,2D,3D,4D,5D,6D,10D,11D,12D,13D,18D,19D,20D,21D,22D,24D,25D,27D,28D. The van der Waals surface area contributed by atoms with Gasteiger partial charge in [-0.25, -0.2) is 15.0 Å². The maximum Gasteiger partial charge on any atom is 0.164 e. The first-order valence-corrected chi connectivity index (χ1v) is 16.6. The van der Waals surface area contributed by atoms with Crippen molar-refractivity contribution in [1.29, 1.82) is 0 Å². The molecule has 0 spiro atoms. The molecule has 10 aromatic rings. The third-order valence-electron chi connectivity index (χ3n) is 8.21. The largest absolute Gasteiger partial charge is 0.456 e. The maximum atomic E-state index is 9.49. The number of furan rings is 1. The van der Waals surface area contributed by atoms with Gasteiger partial charge in [-0.05, 0) is 69.5 Å². The average Bonchev–Trinajstić information content (AvgIpc) is 3.99. The first-order valence-electron chi connectivity index (χ1n) is 25.2. The van der Waals surface area contributed by atoms with E-state index >= 15 is 0 Å². The first kappa shape index (κ1) is 16.6. The topological polar surface area (TPSA) is 51.8 Å². The fourth-order valence-electron chi connectivity index (χ4n) is 5.75. The van der Waals surface area contributed by atoms with Gasteiger partial charge in [0.25, 0.3) is 0 Å². The molecule has 0 bridgehead atoms. The van der Waals surface area contributed by atoms with Crippen LogP contribution in [0.2, 0.25) is 0 Å². The van der Waals surface area contributed by atoms with E-state index in [-0.39, 0.29) is 27.7 Å². The number of aromatic nitrogens is 3. The zero-order valence-corrected chi connectivity index (χ0v) is 27.2. The van der Waals surface area contributed by atoms with Gasteiger partial charge in [-0.3, -0.25) is 0 Å². The van der Waals surface area contributed by atoms with E-state index in [9.17, 15) is 5.48 Å². The Kier molecular flexibility index (Phi) is 4.00. The van der Waals surface area contributed by atoms with Crippen molar-refractivity contribution in [2.75, 3.05) is 0 Å². The number of fused-ring (bicyclic) bond motifs is 4. The highest BCUT2D eigenvalue weighted by Crippen LogP contribution is 2.37. The van der Waals surface area contributed by atoms with E-state index < -0.39 is 160 Å². The minimum Gasteiger partial charge on any atom is -0.456 e. The lowest BCUT2D eigenvalue weighted by Gasteiger charge is -2.09. The second-order valence-corrected chi connectivity index (χ2v) is 12.3. The Morgan fingerprint density at radius 2 is 1.08 bits per heavy atom. The molecule has 52 heavy (non-hydrogen) atoms. The van der Waals surface area contributed by atoms with Gasteiger partial charge in [0.05, 0.1) is 26.0 Å². The molecule has 0 amide bonds. The van der Waals surface area contributed by atoms with Crippen LogP contribution in [0.4, 0.5) is 0 Å². The van der Waals surface area contributed by atoms with Crippen molar-refractivity contribution in [1.82, 2.24) is 15.0 Å². The fraction of sp³-hybridized carbons (Fsp3) is 0. The summed E-state index contributed by atoms with van der Waals surface area (Å²) in [6.07, 6.45) is 0. The zero-order chi connectivity index (χ0) is 51.0. The van der Waals surface area contributed by atoms with Gasteiger partial charge in [0.15, 0.2) is 17.5 Å². The molecule has 3 aromatic heterocycles. The Labute approximate surface area is 331 Å². The van der Waals surface area contributed by atoms with Gasteiger partial charge in [-0.15, -0.1) is 11.3 Å². The third kappa shape index (κ3) is 5.45. The summed E-state index contributed by atoms with van der Waals surface area (Å²) < 4.78 is 173. The van der Waals surface area contributed by atoms with Crippen molar-refractivity contribution in [3.8, 4) is 67.5 Å². The van der Waals surface area contributed by atoms with E-state index in [0.717, 1.165) is 27.3 Å². The summed E-state index contributed by atoms with van der Waals surface area (Å²) in [5.41, 5.74) is -1.54. The van der Waals surface area contributed by atoms with Crippen molar-refractivity contribution in [3.63, 3.8) is 0 Å². The first-order chi connectivity index (χ1) is 33.7. The Balaban J connectivity index is 1.20. The van der Waals surface area contributed by atoms with Gasteiger partial charge in [0.2, 0.25) is 0 Å². The van der Waals surface area contributed by atoms with Crippen molar-refractivity contribution in [2.45, 2.75) is 0 Å². The summed E-state index contributed by atoms with van der Waals surface area (Å²) in [5, 5.41) is 2.38. The Hall–Kier alpha value is -6.69. The maximum absolute atomic E-state index is 9.49. The molecule has 7 aromatic carbocycles. The molecule has 0 fully saturated rings. The molecule has 244 valence electrons. The number of nitrogens with zero attached hydrogens (tertiary/aromatic N) is 3. The number of benzene rings is 7. The minimum absolute atomic E-state index is 0.0859. The molecule has 3 heterocycles. The van der Waals surface area contributed by atoms with Crippen LogP contribution in [-0.2, 0) is 0 Å².